The highest BCUT2D eigenvalue weighted by Gasteiger charge is 2.59. The van der Waals surface area contributed by atoms with Gasteiger partial charge >= 0.3 is 11.9 Å². The summed E-state index contributed by atoms with van der Waals surface area (Å²) >= 11 is 0. The summed E-state index contributed by atoms with van der Waals surface area (Å²) in [4.78, 5) is 23.6. The van der Waals surface area contributed by atoms with Crippen LogP contribution in [0.15, 0.2) is 12.2 Å². The van der Waals surface area contributed by atoms with Crippen LogP contribution in [-0.2, 0) is 23.5 Å². The summed E-state index contributed by atoms with van der Waals surface area (Å²) in [6, 6.07) is 0. The van der Waals surface area contributed by atoms with Crippen LogP contribution < -0.4 is 0 Å². The lowest BCUT2D eigenvalue weighted by Gasteiger charge is -2.43. The van der Waals surface area contributed by atoms with Crippen molar-refractivity contribution in [3.8, 4) is 0 Å². The summed E-state index contributed by atoms with van der Waals surface area (Å²) in [5.41, 5.74) is -0.427. The first kappa shape index (κ1) is 17.2. The Morgan fingerprint density at radius 2 is 1.95 bits per heavy atom. The van der Waals surface area contributed by atoms with Gasteiger partial charge in [-0.05, 0) is 23.7 Å². The Morgan fingerprint density at radius 3 is 2.45 bits per heavy atom. The predicted molar refractivity (Wildman–Crippen MR) is 84.8 cm³/mol. The number of fused-ring (bicyclic) bond motifs is 2. The Kier molecular flexibility index (Phi) is 4.07. The first-order valence-corrected chi connectivity index (χ1v) is 10.6. The predicted octanol–water partition coefficient (Wildman–Crippen LogP) is 2.95. The summed E-state index contributed by atoms with van der Waals surface area (Å²) in [6.07, 6.45) is -0.0877. The molecule has 1 aliphatic heterocycles. The van der Waals surface area contributed by atoms with Gasteiger partial charge in [-0.1, -0.05) is 27.4 Å². The topological polar surface area (TPSA) is 61.8 Å². The van der Waals surface area contributed by atoms with Crippen molar-refractivity contribution in [3.63, 3.8) is 0 Å². The van der Waals surface area contributed by atoms with Gasteiger partial charge in [0.25, 0.3) is 0 Å². The zero-order chi connectivity index (χ0) is 16.9. The van der Waals surface area contributed by atoms with Crippen LogP contribution in [0.1, 0.15) is 40.5 Å². The summed E-state index contributed by atoms with van der Waals surface area (Å²) in [6.45, 7) is 16.1. The molecule has 0 N–H and O–H groups in total. The van der Waals surface area contributed by atoms with Crippen LogP contribution in [0.5, 0.6) is 0 Å². The van der Waals surface area contributed by atoms with Gasteiger partial charge in [-0.25, -0.2) is 4.79 Å². The normalized spacial score (nSPS) is 31.9. The molecule has 1 aliphatic carbocycles. The van der Waals surface area contributed by atoms with E-state index in [4.69, 9.17) is 13.9 Å². The van der Waals surface area contributed by atoms with Gasteiger partial charge < -0.3 is 13.9 Å². The van der Waals surface area contributed by atoms with E-state index in [2.05, 4.69) is 40.4 Å². The van der Waals surface area contributed by atoms with Gasteiger partial charge in [-0.2, -0.15) is 0 Å². The maximum Gasteiger partial charge on any atom is 0.351 e. The Labute approximate surface area is 133 Å². The molecular weight excluding hydrogens is 300 g/mol. The molecule has 2 fully saturated rings. The fraction of sp³-hybridized carbons (Fsp3) is 0.750. The molecule has 3 atom stereocenters. The van der Waals surface area contributed by atoms with Gasteiger partial charge in [0, 0.05) is 19.8 Å². The molecule has 0 aromatic rings. The molecule has 2 aliphatic rings. The standard InChI is InChI=1S/C16H26O5Si/c1-10-12-8-16(14(18)19-12,20-11(2)17)9-13(10)21-22(6,7)15(3,4)5/h12-13H,1,8-9H2,2-7H3/t12?,13?,16-/m1/s1. The fourth-order valence-corrected chi connectivity index (χ4v) is 4.02. The maximum absolute atomic E-state index is 12.2. The third kappa shape index (κ3) is 2.86. The Bertz CT molecular complexity index is 519. The lowest BCUT2D eigenvalue weighted by atomic mass is 9.81. The summed E-state index contributed by atoms with van der Waals surface area (Å²) in [5, 5.41) is 0.0449. The van der Waals surface area contributed by atoms with Gasteiger partial charge in [0.1, 0.15) is 6.10 Å². The highest BCUT2D eigenvalue weighted by atomic mass is 28.4. The van der Waals surface area contributed by atoms with Crippen LogP contribution in [0.25, 0.3) is 0 Å². The van der Waals surface area contributed by atoms with Crippen molar-refractivity contribution in [1.29, 1.82) is 0 Å². The molecule has 0 radical (unpaired) electrons. The summed E-state index contributed by atoms with van der Waals surface area (Å²) in [5.74, 6) is -0.952. The van der Waals surface area contributed by atoms with E-state index < -0.39 is 32.0 Å². The molecule has 1 saturated heterocycles. The largest absolute Gasteiger partial charge is 0.455 e. The summed E-state index contributed by atoms with van der Waals surface area (Å²) in [7, 11) is -2.03. The maximum atomic E-state index is 12.2. The zero-order valence-electron chi connectivity index (χ0n) is 14.3. The van der Waals surface area contributed by atoms with Gasteiger partial charge in [-0.3, -0.25) is 4.79 Å². The molecule has 0 aromatic carbocycles. The van der Waals surface area contributed by atoms with Crippen LogP contribution in [0.3, 0.4) is 0 Å². The number of rotatable bonds is 3. The van der Waals surface area contributed by atoms with E-state index in [0.29, 0.717) is 12.8 Å². The van der Waals surface area contributed by atoms with E-state index in [-0.39, 0.29) is 11.1 Å². The van der Waals surface area contributed by atoms with Crippen molar-refractivity contribution in [2.24, 2.45) is 0 Å². The Balaban J connectivity index is 2.26. The van der Waals surface area contributed by atoms with E-state index in [0.717, 1.165) is 5.57 Å². The molecule has 124 valence electrons. The van der Waals surface area contributed by atoms with E-state index in [1.165, 1.54) is 6.92 Å². The highest BCUT2D eigenvalue weighted by molar-refractivity contribution is 6.74. The van der Waals surface area contributed by atoms with Crippen molar-refractivity contribution in [1.82, 2.24) is 0 Å². The number of carbonyl (C=O) groups is 2. The Morgan fingerprint density at radius 1 is 1.36 bits per heavy atom. The average Bonchev–Trinajstić information content (AvgIpc) is 2.57. The smallest absolute Gasteiger partial charge is 0.351 e. The van der Waals surface area contributed by atoms with Crippen LogP contribution in [-0.4, -0.2) is 38.1 Å². The van der Waals surface area contributed by atoms with Gasteiger partial charge in [0.05, 0.1) is 6.10 Å². The van der Waals surface area contributed by atoms with Crippen molar-refractivity contribution in [3.05, 3.63) is 12.2 Å². The molecule has 5 nitrogen and oxygen atoms in total. The minimum atomic E-state index is -2.03. The molecule has 0 spiro atoms. The lowest BCUT2D eigenvalue weighted by Crippen LogP contribution is -2.51. The molecule has 2 rings (SSSR count). The van der Waals surface area contributed by atoms with Crippen molar-refractivity contribution in [2.45, 2.75) is 76.5 Å². The van der Waals surface area contributed by atoms with Gasteiger partial charge in [-0.15, -0.1) is 0 Å². The number of hydrogen-bond donors (Lipinski definition) is 0. The van der Waals surface area contributed by atoms with Crippen LogP contribution >= 0.6 is 0 Å². The van der Waals surface area contributed by atoms with Crippen LogP contribution in [0.2, 0.25) is 18.1 Å². The van der Waals surface area contributed by atoms with Crippen molar-refractivity contribution >= 4 is 20.3 Å². The van der Waals surface area contributed by atoms with E-state index in [1.807, 2.05) is 0 Å². The average molecular weight is 326 g/mol. The fourth-order valence-electron chi connectivity index (χ4n) is 2.72. The SMILES string of the molecule is C=C1C2C[C@@](OC(C)=O)(CC1O[Si](C)(C)C(C)(C)C)C(=O)O2. The molecule has 22 heavy (non-hydrogen) atoms. The molecule has 2 bridgehead atoms. The van der Waals surface area contributed by atoms with E-state index in [1.54, 1.807) is 0 Å². The van der Waals surface area contributed by atoms with E-state index in [9.17, 15) is 9.59 Å². The quantitative estimate of drug-likeness (QED) is 0.453. The molecule has 6 heteroatoms. The molecule has 1 saturated carbocycles. The summed E-state index contributed by atoms with van der Waals surface area (Å²) < 4.78 is 17.1. The third-order valence-corrected chi connectivity index (χ3v) is 9.55. The first-order valence-electron chi connectivity index (χ1n) is 7.65. The molecule has 0 aromatic heterocycles. The zero-order valence-corrected chi connectivity index (χ0v) is 15.3. The number of carbonyl (C=O) groups excluding carboxylic acids is 2. The molecule has 2 unspecified atom stereocenters. The third-order valence-electron chi connectivity index (χ3n) is 5.06. The minimum absolute atomic E-state index is 0.0449. The second kappa shape index (κ2) is 5.20. The number of ether oxygens (including phenoxy) is 2. The molecule has 1 heterocycles. The van der Waals surface area contributed by atoms with Gasteiger partial charge in [0.2, 0.25) is 5.60 Å². The minimum Gasteiger partial charge on any atom is -0.455 e. The van der Waals surface area contributed by atoms with Crippen LogP contribution in [0.4, 0.5) is 0 Å². The number of hydrogen-bond acceptors (Lipinski definition) is 5. The van der Waals surface area contributed by atoms with Crippen LogP contribution in [0, 0.1) is 0 Å². The van der Waals surface area contributed by atoms with E-state index >= 15 is 0 Å². The Hall–Kier alpha value is -1.14. The second-order valence-electron chi connectivity index (χ2n) is 7.83. The lowest BCUT2D eigenvalue weighted by molar-refractivity contribution is -0.172. The van der Waals surface area contributed by atoms with Crippen molar-refractivity contribution in [2.75, 3.05) is 0 Å². The van der Waals surface area contributed by atoms with Gasteiger partial charge in [0.15, 0.2) is 8.32 Å². The molecule has 0 amide bonds. The van der Waals surface area contributed by atoms with Crippen molar-refractivity contribution < 1.29 is 23.5 Å². The first-order chi connectivity index (χ1) is 9.88. The highest BCUT2D eigenvalue weighted by Crippen LogP contribution is 2.47. The number of esters is 2. The second-order valence-corrected chi connectivity index (χ2v) is 12.6. The molecular formula is C16H26O5Si. The monoisotopic (exact) mass is 326 g/mol.